The molecular formula is C11H12ClN3O2S. The van der Waals surface area contributed by atoms with E-state index in [1.165, 1.54) is 0 Å². The minimum Gasteiger partial charge on any atom is -0.269 e. The lowest BCUT2D eigenvalue weighted by molar-refractivity contribution is 0.566. The van der Waals surface area contributed by atoms with Crippen LogP contribution in [0.2, 0.25) is 5.15 Å². The van der Waals surface area contributed by atoms with Crippen LogP contribution in [0.5, 0.6) is 0 Å². The Morgan fingerprint density at radius 3 is 2.94 bits per heavy atom. The molecule has 5 nitrogen and oxygen atoms in total. The van der Waals surface area contributed by atoms with Gasteiger partial charge in [0, 0.05) is 6.42 Å². The Morgan fingerprint density at radius 1 is 1.39 bits per heavy atom. The molecule has 0 saturated carbocycles. The molecule has 1 aliphatic heterocycles. The van der Waals surface area contributed by atoms with Gasteiger partial charge in [0.25, 0.3) is 0 Å². The molecule has 1 aliphatic rings. The Morgan fingerprint density at radius 2 is 2.22 bits per heavy atom. The summed E-state index contributed by atoms with van der Waals surface area (Å²) in [6.07, 6.45) is 1.30. The molecule has 2 aromatic rings. The van der Waals surface area contributed by atoms with E-state index < -0.39 is 9.84 Å². The fraction of sp³-hybridized carbons (Fsp3) is 0.455. The molecule has 1 saturated heterocycles. The van der Waals surface area contributed by atoms with E-state index in [-0.39, 0.29) is 17.4 Å². The summed E-state index contributed by atoms with van der Waals surface area (Å²) in [6, 6.07) is 5.41. The zero-order valence-corrected chi connectivity index (χ0v) is 11.2. The molecule has 3 heterocycles. The normalized spacial score (nSPS) is 22.6. The smallest absolute Gasteiger partial charge is 0.161 e. The van der Waals surface area contributed by atoms with Gasteiger partial charge < -0.3 is 0 Å². The van der Waals surface area contributed by atoms with Crippen molar-refractivity contribution in [2.75, 3.05) is 11.5 Å². The van der Waals surface area contributed by atoms with Gasteiger partial charge in [0.05, 0.1) is 11.5 Å². The molecule has 1 atom stereocenters. The fourth-order valence-electron chi connectivity index (χ4n) is 2.38. The highest BCUT2D eigenvalue weighted by Crippen LogP contribution is 2.23. The molecule has 7 heteroatoms. The van der Waals surface area contributed by atoms with E-state index >= 15 is 0 Å². The second-order valence-electron chi connectivity index (χ2n) is 4.63. The molecule has 18 heavy (non-hydrogen) atoms. The van der Waals surface area contributed by atoms with E-state index in [0.29, 0.717) is 23.6 Å². The van der Waals surface area contributed by atoms with Crippen LogP contribution in [0.15, 0.2) is 18.2 Å². The van der Waals surface area contributed by atoms with E-state index in [1.54, 1.807) is 10.5 Å². The number of rotatable bonds is 2. The van der Waals surface area contributed by atoms with Gasteiger partial charge in [0.2, 0.25) is 0 Å². The predicted molar refractivity (Wildman–Crippen MR) is 68.5 cm³/mol. The highest BCUT2D eigenvalue weighted by atomic mass is 35.5. The molecule has 0 radical (unpaired) electrons. The van der Waals surface area contributed by atoms with Crippen LogP contribution < -0.4 is 0 Å². The predicted octanol–water partition coefficient (Wildman–Crippen LogP) is 1.36. The van der Waals surface area contributed by atoms with Crippen molar-refractivity contribution in [3.63, 3.8) is 0 Å². The molecule has 3 rings (SSSR count). The van der Waals surface area contributed by atoms with Crippen LogP contribution in [0.3, 0.4) is 0 Å². The number of halogens is 1. The number of aromatic nitrogens is 3. The zero-order chi connectivity index (χ0) is 12.8. The van der Waals surface area contributed by atoms with Gasteiger partial charge in [-0.3, -0.25) is 4.40 Å². The van der Waals surface area contributed by atoms with Gasteiger partial charge in [-0.25, -0.2) is 8.42 Å². The minimum absolute atomic E-state index is 0.124. The van der Waals surface area contributed by atoms with Crippen molar-refractivity contribution in [1.82, 2.24) is 14.6 Å². The van der Waals surface area contributed by atoms with Crippen LogP contribution >= 0.6 is 11.6 Å². The maximum absolute atomic E-state index is 11.4. The van der Waals surface area contributed by atoms with Crippen molar-refractivity contribution in [3.05, 3.63) is 29.2 Å². The number of nitrogens with zero attached hydrogens (tertiary/aromatic N) is 3. The quantitative estimate of drug-likeness (QED) is 0.782. The van der Waals surface area contributed by atoms with Crippen LogP contribution in [0, 0.1) is 5.92 Å². The molecule has 0 aliphatic carbocycles. The Balaban J connectivity index is 1.92. The Hall–Kier alpha value is -1.14. The van der Waals surface area contributed by atoms with Crippen molar-refractivity contribution in [1.29, 1.82) is 0 Å². The lowest BCUT2D eigenvalue weighted by Gasteiger charge is -2.06. The number of sulfone groups is 1. The van der Waals surface area contributed by atoms with Crippen molar-refractivity contribution in [2.24, 2.45) is 5.92 Å². The summed E-state index contributed by atoms with van der Waals surface area (Å²) in [5, 5.41) is 8.69. The molecule has 96 valence electrons. The number of fused-ring (bicyclic) bond motifs is 1. The average molecular weight is 286 g/mol. The van der Waals surface area contributed by atoms with Crippen molar-refractivity contribution in [3.8, 4) is 0 Å². The average Bonchev–Trinajstić information content (AvgIpc) is 2.85. The lowest BCUT2D eigenvalue weighted by atomic mass is 10.1. The Bertz CT molecular complexity index is 695. The van der Waals surface area contributed by atoms with Gasteiger partial charge in [-0.1, -0.05) is 17.7 Å². The molecule has 2 aromatic heterocycles. The summed E-state index contributed by atoms with van der Waals surface area (Å²) in [7, 11) is -2.85. The first-order chi connectivity index (χ1) is 8.55. The summed E-state index contributed by atoms with van der Waals surface area (Å²) in [4.78, 5) is 0. The summed E-state index contributed by atoms with van der Waals surface area (Å²) in [5.41, 5.74) is 0.693. The first-order valence-corrected chi connectivity index (χ1v) is 7.94. The van der Waals surface area contributed by atoms with Gasteiger partial charge in [-0.2, -0.15) is 0 Å². The molecule has 0 N–H and O–H groups in total. The monoisotopic (exact) mass is 285 g/mol. The van der Waals surface area contributed by atoms with Crippen molar-refractivity contribution >= 4 is 27.1 Å². The molecule has 0 spiro atoms. The van der Waals surface area contributed by atoms with Crippen LogP contribution in [-0.4, -0.2) is 34.5 Å². The van der Waals surface area contributed by atoms with Crippen molar-refractivity contribution in [2.45, 2.75) is 12.8 Å². The highest BCUT2D eigenvalue weighted by molar-refractivity contribution is 7.91. The third-order valence-corrected chi connectivity index (χ3v) is 5.38. The SMILES string of the molecule is O=S1(=O)CCC(Cc2nnc3cccc(Cl)n23)C1. The van der Waals surface area contributed by atoms with Gasteiger partial charge in [-0.15, -0.1) is 10.2 Å². The van der Waals surface area contributed by atoms with Crippen LogP contribution in [-0.2, 0) is 16.3 Å². The second kappa shape index (κ2) is 4.20. The molecular weight excluding hydrogens is 274 g/mol. The maximum atomic E-state index is 11.4. The van der Waals surface area contributed by atoms with Crippen molar-refractivity contribution < 1.29 is 8.42 Å². The van der Waals surface area contributed by atoms with E-state index in [4.69, 9.17) is 11.6 Å². The largest absolute Gasteiger partial charge is 0.269 e. The van der Waals surface area contributed by atoms with E-state index in [9.17, 15) is 8.42 Å². The summed E-state index contributed by atoms with van der Waals surface area (Å²) >= 11 is 6.11. The standard InChI is InChI=1S/C11H12ClN3O2S/c12-9-2-1-3-10-13-14-11(15(9)10)6-8-4-5-18(16,17)7-8/h1-3,8H,4-7H2. The Kier molecular flexibility index (Phi) is 2.79. The molecule has 1 fully saturated rings. The first kappa shape index (κ1) is 11.9. The van der Waals surface area contributed by atoms with Gasteiger partial charge in [0.15, 0.2) is 15.5 Å². The van der Waals surface area contributed by atoms with E-state index in [1.807, 2.05) is 12.1 Å². The van der Waals surface area contributed by atoms with E-state index in [2.05, 4.69) is 10.2 Å². The Labute approximate surface area is 110 Å². The third-order valence-electron chi connectivity index (χ3n) is 3.25. The molecule has 0 bridgehead atoms. The number of hydrogen-bond donors (Lipinski definition) is 0. The van der Waals surface area contributed by atoms with Gasteiger partial charge in [0.1, 0.15) is 11.0 Å². The topological polar surface area (TPSA) is 64.3 Å². The second-order valence-corrected chi connectivity index (χ2v) is 7.25. The van der Waals surface area contributed by atoms with Gasteiger partial charge >= 0.3 is 0 Å². The summed E-state index contributed by atoms with van der Waals surface area (Å²) in [5.74, 6) is 1.38. The maximum Gasteiger partial charge on any atom is 0.161 e. The summed E-state index contributed by atoms with van der Waals surface area (Å²) in [6.45, 7) is 0. The van der Waals surface area contributed by atoms with Gasteiger partial charge in [-0.05, 0) is 24.5 Å². The molecule has 1 unspecified atom stereocenters. The van der Waals surface area contributed by atoms with E-state index in [0.717, 1.165) is 5.82 Å². The number of hydrogen-bond acceptors (Lipinski definition) is 4. The molecule has 0 aromatic carbocycles. The first-order valence-electron chi connectivity index (χ1n) is 5.74. The fourth-order valence-corrected chi connectivity index (χ4v) is 4.50. The van der Waals surface area contributed by atoms with Crippen LogP contribution in [0.4, 0.5) is 0 Å². The minimum atomic E-state index is -2.85. The lowest BCUT2D eigenvalue weighted by Crippen LogP contribution is -2.10. The summed E-state index contributed by atoms with van der Waals surface area (Å²) < 4.78 is 24.6. The van der Waals surface area contributed by atoms with Crippen LogP contribution in [0.1, 0.15) is 12.2 Å². The number of pyridine rings is 1. The highest BCUT2D eigenvalue weighted by Gasteiger charge is 2.29. The molecule has 0 amide bonds. The van der Waals surface area contributed by atoms with Crippen LogP contribution in [0.25, 0.3) is 5.65 Å². The third kappa shape index (κ3) is 2.10. The zero-order valence-electron chi connectivity index (χ0n) is 9.58.